The van der Waals surface area contributed by atoms with Crippen molar-refractivity contribution in [2.45, 2.75) is 31.3 Å². The molecule has 2 fully saturated rings. The van der Waals surface area contributed by atoms with Gasteiger partial charge in [-0.3, -0.25) is 14.6 Å². The standard InChI is InChI=1S/C19H28N4O3/c1-22(2)19(6-9-26-10-7-19)14-21-18(25)15-11-17(24)23(12-15)13-16-5-3-4-8-20-16/h3-5,8,15H,6-7,9-14H2,1-2H3,(H,21,25)/t15-/m0/s1. The van der Waals surface area contributed by atoms with Gasteiger partial charge < -0.3 is 19.9 Å². The lowest BCUT2D eigenvalue weighted by molar-refractivity contribution is -0.129. The summed E-state index contributed by atoms with van der Waals surface area (Å²) < 4.78 is 5.47. The minimum absolute atomic E-state index is 0.0178. The van der Waals surface area contributed by atoms with E-state index in [1.54, 1.807) is 11.1 Å². The van der Waals surface area contributed by atoms with Gasteiger partial charge in [-0.1, -0.05) is 6.07 Å². The third-order valence-corrected chi connectivity index (χ3v) is 5.63. The number of pyridine rings is 1. The van der Waals surface area contributed by atoms with Crippen molar-refractivity contribution in [2.24, 2.45) is 5.92 Å². The van der Waals surface area contributed by atoms with Crippen LogP contribution in [0.3, 0.4) is 0 Å². The first-order chi connectivity index (χ1) is 12.5. The highest BCUT2D eigenvalue weighted by Crippen LogP contribution is 2.26. The van der Waals surface area contributed by atoms with Gasteiger partial charge in [0, 0.05) is 44.5 Å². The Kier molecular flexibility index (Phi) is 5.88. The fourth-order valence-corrected chi connectivity index (χ4v) is 3.72. The number of carbonyl (C=O) groups is 2. The minimum Gasteiger partial charge on any atom is -0.381 e. The maximum atomic E-state index is 12.6. The second-order valence-corrected chi connectivity index (χ2v) is 7.45. The van der Waals surface area contributed by atoms with E-state index in [1.165, 1.54) is 0 Å². The minimum atomic E-state index is -0.287. The van der Waals surface area contributed by atoms with Crippen molar-refractivity contribution in [1.29, 1.82) is 0 Å². The number of nitrogens with zero attached hydrogens (tertiary/aromatic N) is 3. The van der Waals surface area contributed by atoms with Crippen molar-refractivity contribution in [2.75, 3.05) is 40.4 Å². The molecule has 26 heavy (non-hydrogen) atoms. The Hall–Kier alpha value is -1.99. The van der Waals surface area contributed by atoms with Crippen LogP contribution in [0.5, 0.6) is 0 Å². The summed E-state index contributed by atoms with van der Waals surface area (Å²) >= 11 is 0. The summed E-state index contributed by atoms with van der Waals surface area (Å²) in [5, 5.41) is 3.09. The molecular weight excluding hydrogens is 332 g/mol. The molecule has 7 heteroatoms. The smallest absolute Gasteiger partial charge is 0.225 e. The van der Waals surface area contributed by atoms with E-state index < -0.39 is 0 Å². The molecule has 2 aliphatic heterocycles. The Morgan fingerprint density at radius 3 is 2.81 bits per heavy atom. The van der Waals surface area contributed by atoms with E-state index in [0.717, 1.165) is 18.5 Å². The van der Waals surface area contributed by atoms with Crippen molar-refractivity contribution in [3.8, 4) is 0 Å². The number of carbonyl (C=O) groups excluding carboxylic acids is 2. The zero-order valence-corrected chi connectivity index (χ0v) is 15.6. The third-order valence-electron chi connectivity index (χ3n) is 5.63. The van der Waals surface area contributed by atoms with Crippen LogP contribution in [0.4, 0.5) is 0 Å². The van der Waals surface area contributed by atoms with Gasteiger partial charge >= 0.3 is 0 Å². The molecule has 0 radical (unpaired) electrons. The molecule has 2 aliphatic rings. The van der Waals surface area contributed by atoms with Crippen molar-refractivity contribution in [3.63, 3.8) is 0 Å². The van der Waals surface area contributed by atoms with Crippen molar-refractivity contribution in [3.05, 3.63) is 30.1 Å². The van der Waals surface area contributed by atoms with Crippen LogP contribution in [0.2, 0.25) is 0 Å². The number of likely N-dealkylation sites (N-methyl/N-ethyl adjacent to an activating group) is 1. The molecule has 142 valence electrons. The summed E-state index contributed by atoms with van der Waals surface area (Å²) in [6, 6.07) is 5.65. The van der Waals surface area contributed by atoms with Crippen molar-refractivity contribution >= 4 is 11.8 Å². The van der Waals surface area contributed by atoms with Gasteiger partial charge in [0.2, 0.25) is 11.8 Å². The number of hydrogen-bond donors (Lipinski definition) is 1. The normalized spacial score (nSPS) is 22.7. The zero-order valence-electron chi connectivity index (χ0n) is 15.6. The number of hydrogen-bond acceptors (Lipinski definition) is 5. The fraction of sp³-hybridized carbons (Fsp3) is 0.632. The lowest BCUT2D eigenvalue weighted by Gasteiger charge is -2.43. The van der Waals surface area contributed by atoms with Crippen LogP contribution in [0.25, 0.3) is 0 Å². The molecule has 1 N–H and O–H groups in total. The lowest BCUT2D eigenvalue weighted by atomic mass is 9.88. The Morgan fingerprint density at radius 1 is 1.38 bits per heavy atom. The molecule has 0 aliphatic carbocycles. The predicted molar refractivity (Wildman–Crippen MR) is 97.2 cm³/mol. The van der Waals surface area contributed by atoms with Gasteiger partial charge in [-0.25, -0.2) is 0 Å². The molecule has 0 bridgehead atoms. The van der Waals surface area contributed by atoms with Crippen LogP contribution in [0, 0.1) is 5.92 Å². The Morgan fingerprint density at radius 2 is 2.15 bits per heavy atom. The van der Waals surface area contributed by atoms with E-state index in [2.05, 4.69) is 15.2 Å². The molecule has 0 unspecified atom stereocenters. The number of nitrogens with one attached hydrogen (secondary N) is 1. The maximum Gasteiger partial charge on any atom is 0.225 e. The molecule has 7 nitrogen and oxygen atoms in total. The molecule has 3 rings (SSSR count). The van der Waals surface area contributed by atoms with Gasteiger partial charge in [0.05, 0.1) is 18.2 Å². The zero-order chi connectivity index (χ0) is 18.6. The number of amides is 2. The van der Waals surface area contributed by atoms with Gasteiger partial charge in [-0.05, 0) is 39.1 Å². The predicted octanol–water partition coefficient (Wildman–Crippen LogP) is 0.657. The molecule has 1 atom stereocenters. The quantitative estimate of drug-likeness (QED) is 0.807. The second kappa shape index (κ2) is 8.14. The molecule has 0 aromatic carbocycles. The maximum absolute atomic E-state index is 12.6. The van der Waals surface area contributed by atoms with E-state index in [9.17, 15) is 9.59 Å². The van der Waals surface area contributed by atoms with Gasteiger partial charge in [-0.2, -0.15) is 0 Å². The van der Waals surface area contributed by atoms with Gasteiger partial charge in [-0.15, -0.1) is 0 Å². The van der Waals surface area contributed by atoms with Crippen LogP contribution in [-0.4, -0.2) is 72.5 Å². The number of likely N-dealkylation sites (tertiary alicyclic amines) is 1. The van der Waals surface area contributed by atoms with Gasteiger partial charge in [0.1, 0.15) is 0 Å². The van der Waals surface area contributed by atoms with Crippen LogP contribution < -0.4 is 5.32 Å². The number of rotatable bonds is 6. The van der Waals surface area contributed by atoms with E-state index >= 15 is 0 Å². The average Bonchev–Trinajstić information content (AvgIpc) is 3.02. The average molecular weight is 360 g/mol. The summed E-state index contributed by atoms with van der Waals surface area (Å²) in [7, 11) is 4.09. The topological polar surface area (TPSA) is 74.8 Å². The molecule has 2 saturated heterocycles. The highest BCUT2D eigenvalue weighted by Gasteiger charge is 2.38. The number of aromatic nitrogens is 1. The van der Waals surface area contributed by atoms with Crippen LogP contribution in [0.15, 0.2) is 24.4 Å². The molecule has 0 saturated carbocycles. The first-order valence-corrected chi connectivity index (χ1v) is 9.21. The van der Waals surface area contributed by atoms with E-state index in [4.69, 9.17) is 4.74 Å². The monoisotopic (exact) mass is 360 g/mol. The number of ether oxygens (including phenoxy) is 1. The van der Waals surface area contributed by atoms with Gasteiger partial charge in [0.15, 0.2) is 0 Å². The molecule has 1 aromatic heterocycles. The van der Waals surface area contributed by atoms with Crippen LogP contribution >= 0.6 is 0 Å². The summed E-state index contributed by atoms with van der Waals surface area (Å²) in [6.45, 7) is 2.94. The summed E-state index contributed by atoms with van der Waals surface area (Å²) in [5.41, 5.74) is 0.778. The second-order valence-electron chi connectivity index (χ2n) is 7.45. The lowest BCUT2D eigenvalue weighted by Crippen LogP contribution is -2.56. The molecule has 0 spiro atoms. The molecular formula is C19H28N4O3. The third kappa shape index (κ3) is 4.22. The van der Waals surface area contributed by atoms with Crippen molar-refractivity contribution < 1.29 is 14.3 Å². The van der Waals surface area contributed by atoms with Crippen molar-refractivity contribution in [1.82, 2.24) is 20.1 Å². The fourth-order valence-electron chi connectivity index (χ4n) is 3.72. The molecule has 3 heterocycles. The Balaban J connectivity index is 1.54. The summed E-state index contributed by atoms with van der Waals surface area (Å²) in [5.74, 6) is -0.302. The SMILES string of the molecule is CN(C)C1(CNC(=O)[C@H]2CC(=O)N(Cc3ccccn3)C2)CCOCC1. The molecule has 2 amide bonds. The Labute approximate surface area is 154 Å². The first kappa shape index (κ1) is 18.8. The largest absolute Gasteiger partial charge is 0.381 e. The highest BCUT2D eigenvalue weighted by molar-refractivity contribution is 5.89. The van der Waals surface area contributed by atoms with Crippen LogP contribution in [-0.2, 0) is 20.9 Å². The van der Waals surface area contributed by atoms with E-state index in [0.29, 0.717) is 32.8 Å². The summed E-state index contributed by atoms with van der Waals surface area (Å²) in [4.78, 5) is 33.1. The van der Waals surface area contributed by atoms with E-state index in [1.807, 2.05) is 32.3 Å². The van der Waals surface area contributed by atoms with E-state index in [-0.39, 0.29) is 29.7 Å². The Bertz CT molecular complexity index is 629. The first-order valence-electron chi connectivity index (χ1n) is 9.21. The van der Waals surface area contributed by atoms with Gasteiger partial charge in [0.25, 0.3) is 0 Å². The summed E-state index contributed by atoms with van der Waals surface area (Å²) in [6.07, 6.45) is 3.79. The van der Waals surface area contributed by atoms with Crippen LogP contribution in [0.1, 0.15) is 25.0 Å². The molecule has 1 aromatic rings. The highest BCUT2D eigenvalue weighted by atomic mass is 16.5.